The lowest BCUT2D eigenvalue weighted by Crippen LogP contribution is -2.35. The van der Waals surface area contributed by atoms with Crippen molar-refractivity contribution in [3.63, 3.8) is 0 Å². The summed E-state index contributed by atoms with van der Waals surface area (Å²) in [4.78, 5) is 14.0. The Kier molecular flexibility index (Phi) is 5.00. The van der Waals surface area contributed by atoms with Crippen LogP contribution < -0.4 is 16.0 Å². The number of rotatable bonds is 4. The summed E-state index contributed by atoms with van der Waals surface area (Å²) in [6.07, 6.45) is 1.67. The average Bonchev–Trinajstić information content (AvgIpc) is 2.49. The van der Waals surface area contributed by atoms with Crippen LogP contribution in [0.4, 0.5) is 21.9 Å². The molecule has 4 nitrogen and oxygen atoms in total. The Labute approximate surface area is 132 Å². The van der Waals surface area contributed by atoms with Gasteiger partial charge in [0.1, 0.15) is 0 Å². The molecule has 2 aromatic carbocycles. The van der Waals surface area contributed by atoms with E-state index in [1.165, 1.54) is 0 Å². The van der Waals surface area contributed by atoms with Crippen LogP contribution in [0, 0.1) is 0 Å². The van der Waals surface area contributed by atoms with Crippen LogP contribution in [0.1, 0.15) is 0 Å². The van der Waals surface area contributed by atoms with Gasteiger partial charge in [-0.25, -0.2) is 4.79 Å². The van der Waals surface area contributed by atoms with E-state index < -0.39 is 0 Å². The monoisotopic (exact) mass is 345 g/mol. The first kappa shape index (κ1) is 15.1. The third kappa shape index (κ3) is 3.86. The normalized spacial score (nSPS) is 9.95. The first-order chi connectivity index (χ1) is 10.1. The molecule has 0 saturated carbocycles. The number of carbonyl (C=O) groups is 1. The SMILES string of the molecule is C=CCN(C(=O)Nc1ccccc1)c1ccc(Br)c(N)c1. The smallest absolute Gasteiger partial charge is 0.326 e. The number of amides is 2. The van der Waals surface area contributed by atoms with E-state index in [0.717, 1.165) is 10.2 Å². The van der Waals surface area contributed by atoms with Crippen molar-refractivity contribution >= 4 is 39.0 Å². The quantitative estimate of drug-likeness (QED) is 0.642. The molecule has 3 N–H and O–H groups in total. The molecular weight excluding hydrogens is 330 g/mol. The Morgan fingerprint density at radius 1 is 1.29 bits per heavy atom. The van der Waals surface area contributed by atoms with E-state index in [2.05, 4.69) is 27.8 Å². The minimum atomic E-state index is -0.233. The molecule has 0 aliphatic heterocycles. The molecule has 0 heterocycles. The molecule has 5 heteroatoms. The molecule has 108 valence electrons. The Hall–Kier alpha value is -2.27. The van der Waals surface area contributed by atoms with Crippen molar-refractivity contribution in [3.05, 3.63) is 65.7 Å². The molecule has 0 aliphatic rings. The summed E-state index contributed by atoms with van der Waals surface area (Å²) >= 11 is 3.34. The summed E-state index contributed by atoms with van der Waals surface area (Å²) in [5.74, 6) is 0. The zero-order valence-electron chi connectivity index (χ0n) is 11.4. The van der Waals surface area contributed by atoms with Gasteiger partial charge in [0, 0.05) is 28.1 Å². The van der Waals surface area contributed by atoms with Crippen molar-refractivity contribution in [2.45, 2.75) is 0 Å². The fourth-order valence-electron chi connectivity index (χ4n) is 1.85. The van der Waals surface area contributed by atoms with Crippen molar-refractivity contribution in [2.75, 3.05) is 22.5 Å². The predicted molar refractivity (Wildman–Crippen MR) is 91.6 cm³/mol. The number of benzene rings is 2. The third-order valence-electron chi connectivity index (χ3n) is 2.87. The Morgan fingerprint density at radius 3 is 2.62 bits per heavy atom. The van der Waals surface area contributed by atoms with Crippen LogP contribution in [-0.2, 0) is 0 Å². The number of para-hydroxylation sites is 1. The number of nitrogens with one attached hydrogen (secondary N) is 1. The number of hydrogen-bond acceptors (Lipinski definition) is 2. The molecule has 0 bridgehead atoms. The van der Waals surface area contributed by atoms with E-state index in [-0.39, 0.29) is 6.03 Å². The van der Waals surface area contributed by atoms with E-state index in [0.29, 0.717) is 17.9 Å². The number of halogens is 1. The zero-order chi connectivity index (χ0) is 15.2. The lowest BCUT2D eigenvalue weighted by atomic mass is 10.2. The number of carbonyl (C=O) groups excluding carboxylic acids is 1. The van der Waals surface area contributed by atoms with Crippen molar-refractivity contribution in [1.29, 1.82) is 0 Å². The van der Waals surface area contributed by atoms with Crippen molar-refractivity contribution in [1.82, 2.24) is 0 Å². The van der Waals surface area contributed by atoms with E-state index in [9.17, 15) is 4.79 Å². The molecule has 0 unspecified atom stereocenters. The Morgan fingerprint density at radius 2 is 2.00 bits per heavy atom. The summed E-state index contributed by atoms with van der Waals surface area (Å²) in [7, 11) is 0. The first-order valence-corrected chi connectivity index (χ1v) is 7.20. The molecule has 21 heavy (non-hydrogen) atoms. The van der Waals surface area contributed by atoms with Crippen LogP contribution >= 0.6 is 15.9 Å². The van der Waals surface area contributed by atoms with Gasteiger partial charge in [-0.15, -0.1) is 6.58 Å². The second-order valence-electron chi connectivity index (χ2n) is 4.40. The standard InChI is InChI=1S/C16H16BrN3O/c1-2-10-20(13-8-9-14(17)15(18)11-13)16(21)19-12-6-4-3-5-7-12/h2-9,11H,1,10,18H2,(H,19,21). The molecule has 2 rings (SSSR count). The van der Waals surface area contributed by atoms with E-state index in [1.54, 1.807) is 17.0 Å². The predicted octanol–water partition coefficient (Wildman–Crippen LogP) is 4.26. The fourth-order valence-corrected chi connectivity index (χ4v) is 2.09. The van der Waals surface area contributed by atoms with Gasteiger partial charge in [0.25, 0.3) is 0 Å². The van der Waals surface area contributed by atoms with Gasteiger partial charge in [0.15, 0.2) is 0 Å². The van der Waals surface area contributed by atoms with Gasteiger partial charge in [0.05, 0.1) is 0 Å². The van der Waals surface area contributed by atoms with E-state index in [4.69, 9.17) is 5.73 Å². The molecule has 2 aromatic rings. The maximum Gasteiger partial charge on any atom is 0.326 e. The molecule has 0 aromatic heterocycles. The molecule has 0 fully saturated rings. The third-order valence-corrected chi connectivity index (χ3v) is 3.60. The largest absolute Gasteiger partial charge is 0.398 e. The summed E-state index contributed by atoms with van der Waals surface area (Å²) in [6, 6.07) is 14.5. The van der Waals surface area contributed by atoms with E-state index in [1.807, 2.05) is 42.5 Å². The maximum absolute atomic E-state index is 12.4. The van der Waals surface area contributed by atoms with Gasteiger partial charge in [-0.1, -0.05) is 24.3 Å². The zero-order valence-corrected chi connectivity index (χ0v) is 13.0. The number of hydrogen-bond donors (Lipinski definition) is 2. The fraction of sp³-hybridized carbons (Fsp3) is 0.0625. The minimum Gasteiger partial charge on any atom is -0.398 e. The summed E-state index contributed by atoms with van der Waals surface area (Å²) in [6.45, 7) is 4.08. The minimum absolute atomic E-state index is 0.233. The molecule has 0 atom stereocenters. The van der Waals surface area contributed by atoms with Crippen LogP contribution in [0.5, 0.6) is 0 Å². The van der Waals surface area contributed by atoms with Crippen LogP contribution in [-0.4, -0.2) is 12.6 Å². The van der Waals surface area contributed by atoms with Crippen molar-refractivity contribution in [3.8, 4) is 0 Å². The second-order valence-corrected chi connectivity index (χ2v) is 5.26. The summed E-state index contributed by atoms with van der Waals surface area (Å²) < 4.78 is 0.799. The molecule has 0 aliphatic carbocycles. The molecule has 0 radical (unpaired) electrons. The van der Waals surface area contributed by atoms with Crippen LogP contribution in [0.15, 0.2) is 65.7 Å². The van der Waals surface area contributed by atoms with Crippen molar-refractivity contribution in [2.24, 2.45) is 0 Å². The summed E-state index contributed by atoms with van der Waals surface area (Å²) in [5, 5.41) is 2.85. The molecule has 0 spiro atoms. The molecule has 0 saturated heterocycles. The van der Waals surface area contributed by atoms with Crippen LogP contribution in [0.2, 0.25) is 0 Å². The highest BCUT2D eigenvalue weighted by Crippen LogP contribution is 2.26. The highest BCUT2D eigenvalue weighted by atomic mass is 79.9. The summed E-state index contributed by atoms with van der Waals surface area (Å²) in [5.41, 5.74) is 7.90. The number of nitrogen functional groups attached to an aromatic ring is 1. The first-order valence-electron chi connectivity index (χ1n) is 6.41. The van der Waals surface area contributed by atoms with Gasteiger partial charge in [-0.3, -0.25) is 4.90 Å². The van der Waals surface area contributed by atoms with Gasteiger partial charge < -0.3 is 11.1 Å². The number of nitrogens with zero attached hydrogens (tertiary/aromatic N) is 1. The second kappa shape index (κ2) is 6.95. The lowest BCUT2D eigenvalue weighted by molar-refractivity contribution is 0.257. The number of nitrogens with two attached hydrogens (primary N) is 1. The van der Waals surface area contributed by atoms with E-state index >= 15 is 0 Å². The van der Waals surface area contributed by atoms with Gasteiger partial charge in [-0.2, -0.15) is 0 Å². The highest BCUT2D eigenvalue weighted by Gasteiger charge is 2.15. The number of anilines is 3. The van der Waals surface area contributed by atoms with Crippen LogP contribution in [0.3, 0.4) is 0 Å². The van der Waals surface area contributed by atoms with Crippen molar-refractivity contribution < 1.29 is 4.79 Å². The Bertz CT molecular complexity index is 643. The lowest BCUT2D eigenvalue weighted by Gasteiger charge is -2.22. The molecular formula is C16H16BrN3O. The average molecular weight is 346 g/mol. The number of urea groups is 1. The van der Waals surface area contributed by atoms with Gasteiger partial charge in [-0.05, 0) is 46.3 Å². The molecule has 2 amide bonds. The Balaban J connectivity index is 2.23. The maximum atomic E-state index is 12.4. The van der Waals surface area contributed by atoms with Crippen LogP contribution in [0.25, 0.3) is 0 Å². The van der Waals surface area contributed by atoms with Gasteiger partial charge in [0.2, 0.25) is 0 Å². The topological polar surface area (TPSA) is 58.4 Å². The highest BCUT2D eigenvalue weighted by molar-refractivity contribution is 9.10. The van der Waals surface area contributed by atoms with Gasteiger partial charge >= 0.3 is 6.03 Å².